The molecule has 1 aliphatic heterocycles. The van der Waals surface area contributed by atoms with Gasteiger partial charge in [-0.15, -0.1) is 0 Å². The van der Waals surface area contributed by atoms with E-state index in [0.717, 1.165) is 64.2 Å². The molecule has 1 saturated heterocycles. The minimum Gasteiger partial charge on any atom is -0.394 e. The zero-order valence-corrected chi connectivity index (χ0v) is 51.6. The van der Waals surface area contributed by atoms with E-state index in [4.69, 9.17) is 9.47 Å². The van der Waals surface area contributed by atoms with E-state index in [2.05, 4.69) is 67.8 Å². The molecule has 6 N–H and O–H groups in total. The van der Waals surface area contributed by atoms with Crippen molar-refractivity contribution in [2.75, 3.05) is 13.2 Å². The zero-order chi connectivity index (χ0) is 57.2. The van der Waals surface area contributed by atoms with Gasteiger partial charge in [-0.2, -0.15) is 0 Å². The lowest BCUT2D eigenvalue weighted by Gasteiger charge is -2.40. The smallest absolute Gasteiger partial charge is 0.220 e. The van der Waals surface area contributed by atoms with Gasteiger partial charge in [0.25, 0.3) is 0 Å². The van der Waals surface area contributed by atoms with Crippen molar-refractivity contribution in [3.8, 4) is 0 Å². The highest BCUT2D eigenvalue weighted by Crippen LogP contribution is 2.23. The minimum atomic E-state index is -1.57. The van der Waals surface area contributed by atoms with Crippen molar-refractivity contribution in [3.63, 3.8) is 0 Å². The number of ether oxygens (including phenoxy) is 2. The quantitative estimate of drug-likeness (QED) is 0.0261. The van der Waals surface area contributed by atoms with E-state index in [9.17, 15) is 30.3 Å². The number of hydrogen-bond acceptors (Lipinski definition) is 8. The molecule has 1 rings (SSSR count). The predicted octanol–water partition coefficient (Wildman–Crippen LogP) is 18.2. The second-order valence-corrected chi connectivity index (χ2v) is 23.6. The first-order valence-electron chi connectivity index (χ1n) is 34.0. The number of rotatable bonds is 59. The summed E-state index contributed by atoms with van der Waals surface area (Å²) in [4.78, 5) is 13.1. The number of unbranched alkanes of at least 4 members (excludes halogenated alkanes) is 41. The molecule has 1 amide bonds. The van der Waals surface area contributed by atoms with Gasteiger partial charge in [0.1, 0.15) is 24.4 Å². The van der Waals surface area contributed by atoms with Crippen LogP contribution in [0.5, 0.6) is 0 Å². The zero-order valence-electron chi connectivity index (χ0n) is 51.6. The lowest BCUT2D eigenvalue weighted by atomic mass is 9.99. The van der Waals surface area contributed by atoms with Crippen LogP contribution in [0.3, 0.4) is 0 Å². The summed E-state index contributed by atoms with van der Waals surface area (Å²) in [6.07, 6.45) is 74.8. The van der Waals surface area contributed by atoms with E-state index in [0.29, 0.717) is 6.42 Å². The van der Waals surface area contributed by atoms with Crippen LogP contribution < -0.4 is 5.32 Å². The molecule has 0 saturated carbocycles. The topological polar surface area (TPSA) is 149 Å². The van der Waals surface area contributed by atoms with E-state index >= 15 is 0 Å². The molecule has 1 fully saturated rings. The Bertz CT molecular complexity index is 1430. The molecular weight excluding hydrogens is 983 g/mol. The first-order chi connectivity index (χ1) is 38.8. The van der Waals surface area contributed by atoms with Gasteiger partial charge >= 0.3 is 0 Å². The van der Waals surface area contributed by atoms with E-state index in [-0.39, 0.29) is 12.5 Å². The van der Waals surface area contributed by atoms with Crippen molar-refractivity contribution in [1.82, 2.24) is 5.32 Å². The summed E-state index contributed by atoms with van der Waals surface area (Å²) in [7, 11) is 0. The average molecular weight is 1110 g/mol. The van der Waals surface area contributed by atoms with E-state index < -0.39 is 49.5 Å². The van der Waals surface area contributed by atoms with Gasteiger partial charge in [-0.25, -0.2) is 0 Å². The average Bonchev–Trinajstić information content (AvgIpc) is 3.46. The monoisotopic (exact) mass is 1110 g/mol. The number of aliphatic hydroxyl groups is 5. The van der Waals surface area contributed by atoms with Crippen LogP contribution in [0.2, 0.25) is 0 Å². The second-order valence-electron chi connectivity index (χ2n) is 23.6. The van der Waals surface area contributed by atoms with Crippen LogP contribution in [0.25, 0.3) is 0 Å². The summed E-state index contributed by atoms with van der Waals surface area (Å²) in [5, 5.41) is 54.6. The second kappa shape index (κ2) is 59.1. The SMILES string of the molecule is CC/C=C\C/C=C\C/C=C\C/C=C\CCCCCCCCCCCCCCCCCCCCCCCCCCCCCCC(=O)NC(COC1OC(CO)C(O)C(O)C1O)C(O)/C=C/CCCCCCCCCCCCCCC. The highest BCUT2D eigenvalue weighted by atomic mass is 16.7. The molecule has 9 nitrogen and oxygen atoms in total. The van der Waals surface area contributed by atoms with Crippen LogP contribution in [0.1, 0.15) is 322 Å². The number of carbonyl (C=O) groups is 1. The highest BCUT2D eigenvalue weighted by Gasteiger charge is 2.44. The van der Waals surface area contributed by atoms with Crippen molar-refractivity contribution in [1.29, 1.82) is 0 Å². The molecule has 0 aromatic heterocycles. The third kappa shape index (κ3) is 48.0. The summed E-state index contributed by atoms with van der Waals surface area (Å²) in [5.74, 6) is -0.171. The summed E-state index contributed by atoms with van der Waals surface area (Å²) >= 11 is 0. The summed E-state index contributed by atoms with van der Waals surface area (Å²) < 4.78 is 11.3. The van der Waals surface area contributed by atoms with Crippen molar-refractivity contribution >= 4 is 5.91 Å². The minimum absolute atomic E-state index is 0.171. The van der Waals surface area contributed by atoms with E-state index in [1.165, 1.54) is 238 Å². The Hall–Kier alpha value is -2.11. The maximum Gasteiger partial charge on any atom is 0.220 e. The van der Waals surface area contributed by atoms with Gasteiger partial charge in [-0.05, 0) is 57.8 Å². The van der Waals surface area contributed by atoms with Crippen molar-refractivity contribution in [3.05, 3.63) is 60.8 Å². The Balaban J connectivity index is 2.02. The van der Waals surface area contributed by atoms with Crippen LogP contribution >= 0.6 is 0 Å². The first-order valence-corrected chi connectivity index (χ1v) is 34.0. The first kappa shape index (κ1) is 74.9. The van der Waals surface area contributed by atoms with Crippen LogP contribution in [0.4, 0.5) is 0 Å². The number of nitrogens with one attached hydrogen (secondary N) is 1. The fourth-order valence-electron chi connectivity index (χ4n) is 10.8. The number of hydrogen-bond donors (Lipinski definition) is 6. The van der Waals surface area contributed by atoms with Gasteiger partial charge in [-0.1, -0.05) is 319 Å². The van der Waals surface area contributed by atoms with E-state index in [1.807, 2.05) is 6.08 Å². The number of amides is 1. The largest absolute Gasteiger partial charge is 0.394 e. The molecule has 0 spiro atoms. The number of carbonyl (C=O) groups excluding carboxylic acids is 1. The van der Waals surface area contributed by atoms with Crippen molar-refractivity contribution in [2.45, 2.75) is 365 Å². The lowest BCUT2D eigenvalue weighted by molar-refractivity contribution is -0.302. The molecule has 7 unspecified atom stereocenters. The van der Waals surface area contributed by atoms with Gasteiger partial charge in [0.2, 0.25) is 5.91 Å². The fraction of sp³-hybridized carbons (Fsp3) is 0.843. The Morgan fingerprint density at radius 3 is 1.16 bits per heavy atom. The van der Waals surface area contributed by atoms with Crippen molar-refractivity contribution < 1.29 is 39.8 Å². The molecule has 0 aromatic carbocycles. The van der Waals surface area contributed by atoms with E-state index in [1.54, 1.807) is 6.08 Å². The van der Waals surface area contributed by atoms with Crippen LogP contribution in [-0.4, -0.2) is 87.5 Å². The van der Waals surface area contributed by atoms with Gasteiger partial charge in [-0.3, -0.25) is 4.79 Å². The van der Waals surface area contributed by atoms with Gasteiger partial charge in [0.15, 0.2) is 6.29 Å². The molecule has 0 aromatic rings. The maximum atomic E-state index is 13.1. The maximum absolute atomic E-state index is 13.1. The van der Waals surface area contributed by atoms with Gasteiger partial charge in [0.05, 0.1) is 25.4 Å². The van der Waals surface area contributed by atoms with Crippen LogP contribution in [0, 0.1) is 0 Å². The van der Waals surface area contributed by atoms with Gasteiger partial charge in [0, 0.05) is 6.42 Å². The lowest BCUT2D eigenvalue weighted by Crippen LogP contribution is -2.60. The molecule has 7 atom stereocenters. The normalized spacial score (nSPS) is 18.9. The summed E-state index contributed by atoms with van der Waals surface area (Å²) in [6.45, 7) is 3.69. The van der Waals surface area contributed by atoms with Crippen molar-refractivity contribution in [2.24, 2.45) is 0 Å². The molecule has 1 aliphatic rings. The molecule has 0 aliphatic carbocycles. The Morgan fingerprint density at radius 1 is 0.443 bits per heavy atom. The Morgan fingerprint density at radius 2 is 0.785 bits per heavy atom. The molecular formula is C70H129NO8. The predicted molar refractivity (Wildman–Crippen MR) is 336 cm³/mol. The molecule has 0 radical (unpaired) electrons. The number of aliphatic hydroxyl groups excluding tert-OH is 5. The Labute approximate surface area is 487 Å². The summed E-state index contributed by atoms with van der Waals surface area (Å²) in [5.41, 5.74) is 0. The number of allylic oxidation sites excluding steroid dienone is 9. The summed E-state index contributed by atoms with van der Waals surface area (Å²) in [6, 6.07) is -0.803. The molecule has 79 heavy (non-hydrogen) atoms. The highest BCUT2D eigenvalue weighted by molar-refractivity contribution is 5.76. The third-order valence-electron chi connectivity index (χ3n) is 16.1. The van der Waals surface area contributed by atoms with Crippen LogP contribution in [-0.2, 0) is 14.3 Å². The molecule has 0 bridgehead atoms. The van der Waals surface area contributed by atoms with Gasteiger partial charge < -0.3 is 40.3 Å². The third-order valence-corrected chi connectivity index (χ3v) is 16.1. The molecule has 9 heteroatoms. The van der Waals surface area contributed by atoms with Crippen LogP contribution in [0.15, 0.2) is 60.8 Å². The molecule has 1 heterocycles. The fourth-order valence-corrected chi connectivity index (χ4v) is 10.8. The Kier molecular flexibility index (Phi) is 56.0. The standard InChI is InChI=1S/C70H129NO8/c1-3-5-7-9-11-13-15-17-19-20-21-22-23-24-25-26-27-28-29-30-31-32-33-34-35-36-37-38-39-40-41-42-43-44-46-48-50-52-54-56-58-60-66(74)71-63(62-78-70-69(77)68(76)67(75)65(61-72)79-70)64(73)59-57-55-53-51-49-47-45-18-16-14-12-10-8-6-4-2/h5,7,11,13,17,19,21-22,57,59,63-65,67-70,72-73,75-77H,3-4,6,8-10,12,14-16,18,20,23-56,58,60-62H2,1-2H3,(H,71,74)/b7-5-,13-11-,19-17-,22-21-,59-57+. The molecule has 462 valence electrons.